The first-order valence-corrected chi connectivity index (χ1v) is 11.0. The molecule has 0 saturated carbocycles. The molecule has 1 aliphatic carbocycles. The monoisotopic (exact) mass is 390 g/mol. The van der Waals surface area contributed by atoms with E-state index in [2.05, 4.69) is 10.3 Å². The van der Waals surface area contributed by atoms with E-state index in [1.165, 1.54) is 16.2 Å². The number of aryl methyl sites for hydroxylation is 2. The van der Waals surface area contributed by atoms with E-state index in [9.17, 15) is 13.2 Å². The number of rotatable bonds is 3. The quantitative estimate of drug-likeness (QED) is 0.871. The van der Waals surface area contributed by atoms with E-state index in [1.807, 2.05) is 0 Å². The van der Waals surface area contributed by atoms with Crippen LogP contribution in [0.1, 0.15) is 29.0 Å². The first-order valence-electron chi connectivity index (χ1n) is 8.50. The highest BCUT2D eigenvalue weighted by Gasteiger charge is 2.33. The molecule has 0 spiro atoms. The van der Waals surface area contributed by atoms with Crippen molar-refractivity contribution in [3.8, 4) is 0 Å². The smallest absolute Gasteiger partial charge is 0.293 e. The zero-order valence-corrected chi connectivity index (χ0v) is 15.7. The molecule has 0 fully saturated rings. The summed E-state index contributed by atoms with van der Waals surface area (Å²) in [6.45, 7) is -0.0320. The molecule has 6 nitrogen and oxygen atoms in total. The number of sulfone groups is 1. The molecule has 26 heavy (non-hydrogen) atoms. The maximum Gasteiger partial charge on any atom is 0.293 e. The summed E-state index contributed by atoms with van der Waals surface area (Å²) < 4.78 is 30.6. The van der Waals surface area contributed by atoms with Crippen LogP contribution in [0.4, 0.5) is 5.13 Å². The molecule has 0 radical (unpaired) electrons. The van der Waals surface area contributed by atoms with Crippen LogP contribution in [0.25, 0.3) is 4.91 Å². The molecular formula is C18H18N2O4S2. The predicted molar refractivity (Wildman–Crippen MR) is 100 cm³/mol. The van der Waals surface area contributed by atoms with E-state index in [-0.39, 0.29) is 23.0 Å². The number of benzene rings is 1. The number of amides is 1. The Labute approximate surface area is 155 Å². The minimum absolute atomic E-state index is 0.0320. The van der Waals surface area contributed by atoms with Crippen LogP contribution >= 0.6 is 11.3 Å². The third-order valence-electron chi connectivity index (χ3n) is 4.42. The number of nitrogens with zero attached hydrogens (tertiary/aromatic N) is 1. The standard InChI is InChI=1S/C18H18N2O4S2/c21-17(20-18-19-13-8-4-5-9-14(13)25-18)15-16(12-6-2-1-3-7-12)26(22,23)11-10-24-15/h1-3,6-7H,4-5,8-11H2,(H,19,20,21). The third kappa shape index (κ3) is 3.26. The van der Waals surface area contributed by atoms with E-state index in [0.717, 1.165) is 31.4 Å². The van der Waals surface area contributed by atoms with Crippen molar-refractivity contribution in [2.45, 2.75) is 25.7 Å². The summed E-state index contributed by atoms with van der Waals surface area (Å²) in [5.41, 5.74) is 1.49. The molecule has 0 bridgehead atoms. The van der Waals surface area contributed by atoms with Gasteiger partial charge in [0, 0.05) is 4.88 Å². The number of hydrogen-bond donors (Lipinski definition) is 1. The Morgan fingerprint density at radius 2 is 1.92 bits per heavy atom. The fourth-order valence-corrected chi connectivity index (χ4v) is 5.67. The van der Waals surface area contributed by atoms with Gasteiger partial charge in [-0.25, -0.2) is 13.4 Å². The highest BCUT2D eigenvalue weighted by Crippen LogP contribution is 2.32. The summed E-state index contributed by atoms with van der Waals surface area (Å²) in [6.07, 6.45) is 4.14. The fourth-order valence-electron chi connectivity index (χ4n) is 3.19. The Hall–Kier alpha value is -2.19. The van der Waals surface area contributed by atoms with Crippen LogP contribution < -0.4 is 5.32 Å². The van der Waals surface area contributed by atoms with Crippen LogP contribution in [0, 0.1) is 0 Å². The molecule has 1 N–H and O–H groups in total. The van der Waals surface area contributed by atoms with E-state index in [0.29, 0.717) is 10.7 Å². The van der Waals surface area contributed by atoms with Crippen molar-refractivity contribution < 1.29 is 17.9 Å². The lowest BCUT2D eigenvalue weighted by Gasteiger charge is -2.20. The Morgan fingerprint density at radius 3 is 2.69 bits per heavy atom. The van der Waals surface area contributed by atoms with Crippen LogP contribution in [0.15, 0.2) is 36.1 Å². The minimum atomic E-state index is -3.59. The highest BCUT2D eigenvalue weighted by molar-refractivity contribution is 8.00. The Morgan fingerprint density at radius 1 is 1.15 bits per heavy atom. The Bertz CT molecular complexity index is 954. The molecule has 2 aromatic rings. The summed E-state index contributed by atoms with van der Waals surface area (Å²) in [6, 6.07) is 8.59. The van der Waals surface area contributed by atoms with Crippen LogP contribution in [0.5, 0.6) is 0 Å². The molecule has 136 valence electrons. The number of fused-ring (bicyclic) bond motifs is 1. The topological polar surface area (TPSA) is 85.4 Å². The molecule has 1 amide bonds. The molecule has 2 heterocycles. The molecule has 8 heteroatoms. The third-order valence-corrected chi connectivity index (χ3v) is 7.24. The second-order valence-electron chi connectivity index (χ2n) is 6.24. The van der Waals surface area contributed by atoms with Gasteiger partial charge in [0.15, 0.2) is 15.0 Å². The van der Waals surface area contributed by atoms with Gasteiger partial charge in [0.2, 0.25) is 5.76 Å². The molecule has 0 unspecified atom stereocenters. The van der Waals surface area contributed by atoms with Gasteiger partial charge in [0.05, 0.1) is 11.4 Å². The van der Waals surface area contributed by atoms with E-state index < -0.39 is 15.7 Å². The lowest BCUT2D eigenvalue weighted by molar-refractivity contribution is -0.115. The zero-order valence-electron chi connectivity index (χ0n) is 14.0. The maximum absolute atomic E-state index is 12.8. The molecule has 1 aliphatic heterocycles. The molecule has 0 atom stereocenters. The first-order chi connectivity index (χ1) is 12.5. The first kappa shape index (κ1) is 17.2. The van der Waals surface area contributed by atoms with Gasteiger partial charge in [-0.2, -0.15) is 0 Å². The van der Waals surface area contributed by atoms with E-state index in [1.54, 1.807) is 30.3 Å². The van der Waals surface area contributed by atoms with Gasteiger partial charge >= 0.3 is 0 Å². The number of thiazole rings is 1. The molecule has 4 rings (SSSR count). The van der Waals surface area contributed by atoms with Gasteiger partial charge in [-0.15, -0.1) is 11.3 Å². The second-order valence-corrected chi connectivity index (χ2v) is 9.37. The molecular weight excluding hydrogens is 372 g/mol. The predicted octanol–water partition coefficient (Wildman–Crippen LogP) is 2.77. The van der Waals surface area contributed by atoms with Crippen molar-refractivity contribution in [3.05, 3.63) is 52.2 Å². The summed E-state index contributed by atoms with van der Waals surface area (Å²) in [5, 5.41) is 3.22. The number of carbonyl (C=O) groups is 1. The van der Waals surface area contributed by atoms with E-state index >= 15 is 0 Å². The normalized spacial score (nSPS) is 18.8. The average molecular weight is 390 g/mol. The fraction of sp³-hybridized carbons (Fsp3) is 0.333. The Kier molecular flexibility index (Phi) is 4.54. The zero-order chi connectivity index (χ0) is 18.1. The summed E-state index contributed by atoms with van der Waals surface area (Å²) in [5.74, 6) is -0.867. The highest BCUT2D eigenvalue weighted by atomic mass is 32.2. The van der Waals surface area contributed by atoms with Crippen molar-refractivity contribution in [1.82, 2.24) is 4.98 Å². The number of aromatic nitrogens is 1. The van der Waals surface area contributed by atoms with E-state index in [4.69, 9.17) is 4.74 Å². The molecule has 1 aromatic carbocycles. The summed E-state index contributed by atoms with van der Waals surface area (Å²) in [4.78, 5) is 18.4. The SMILES string of the molecule is O=C(Nc1nc2c(s1)CCCC2)C1=C(c2ccccc2)S(=O)(=O)CCO1. The lowest BCUT2D eigenvalue weighted by atomic mass is 10.0. The van der Waals surface area contributed by atoms with Crippen LogP contribution in [0.3, 0.4) is 0 Å². The van der Waals surface area contributed by atoms with Gasteiger partial charge in [-0.05, 0) is 31.2 Å². The van der Waals surface area contributed by atoms with Gasteiger partial charge in [-0.3, -0.25) is 10.1 Å². The number of carbonyl (C=O) groups excluding carboxylic acids is 1. The van der Waals surface area contributed by atoms with Crippen molar-refractivity contribution in [3.63, 3.8) is 0 Å². The van der Waals surface area contributed by atoms with Crippen molar-refractivity contribution >= 4 is 37.1 Å². The number of nitrogens with one attached hydrogen (secondary N) is 1. The number of hydrogen-bond acceptors (Lipinski definition) is 6. The van der Waals surface area contributed by atoms with Crippen molar-refractivity contribution in [2.24, 2.45) is 0 Å². The summed E-state index contributed by atoms with van der Waals surface area (Å²) >= 11 is 1.45. The molecule has 1 aromatic heterocycles. The Balaban J connectivity index is 1.70. The van der Waals surface area contributed by atoms with Gasteiger partial charge in [0.1, 0.15) is 11.5 Å². The van der Waals surface area contributed by atoms with Gasteiger partial charge in [-0.1, -0.05) is 30.3 Å². The van der Waals surface area contributed by atoms with Crippen LogP contribution in [-0.4, -0.2) is 31.7 Å². The van der Waals surface area contributed by atoms with Crippen LogP contribution in [-0.2, 0) is 32.2 Å². The number of anilines is 1. The average Bonchev–Trinajstić information content (AvgIpc) is 3.03. The van der Waals surface area contributed by atoms with Gasteiger partial charge < -0.3 is 4.74 Å². The summed E-state index contributed by atoms with van der Waals surface area (Å²) in [7, 11) is -3.59. The largest absolute Gasteiger partial charge is 0.486 e. The molecule has 0 saturated heterocycles. The second kappa shape index (κ2) is 6.85. The minimum Gasteiger partial charge on any atom is -0.486 e. The van der Waals surface area contributed by atoms with Crippen LogP contribution in [0.2, 0.25) is 0 Å². The van der Waals surface area contributed by atoms with Crippen molar-refractivity contribution in [2.75, 3.05) is 17.7 Å². The maximum atomic E-state index is 12.8. The number of ether oxygens (including phenoxy) is 1. The van der Waals surface area contributed by atoms with Gasteiger partial charge in [0.25, 0.3) is 5.91 Å². The van der Waals surface area contributed by atoms with Crippen molar-refractivity contribution in [1.29, 1.82) is 0 Å². The lowest BCUT2D eigenvalue weighted by Crippen LogP contribution is -2.28. The molecule has 2 aliphatic rings.